The summed E-state index contributed by atoms with van der Waals surface area (Å²) in [5.74, 6) is -3.03. The summed E-state index contributed by atoms with van der Waals surface area (Å²) in [4.78, 5) is 36.9. The van der Waals surface area contributed by atoms with Crippen LogP contribution in [-0.4, -0.2) is 46.6 Å². The molecule has 0 saturated heterocycles. The molecule has 2 aromatic rings. The lowest BCUT2D eigenvalue weighted by molar-refractivity contribution is -0.148. The number of anilines is 1. The quantitative estimate of drug-likeness (QED) is 0.377. The average molecular weight is 519 g/mol. The zero-order chi connectivity index (χ0) is 24.9. The molecular formula is C20H23ClN2O8S2. The van der Waals surface area contributed by atoms with Crippen molar-refractivity contribution in [1.29, 1.82) is 0 Å². The maximum absolute atomic E-state index is 12.8. The van der Waals surface area contributed by atoms with E-state index in [0.717, 1.165) is 25.6 Å². The molecule has 1 aromatic heterocycles. The second-order valence-electron chi connectivity index (χ2n) is 7.04. The first kappa shape index (κ1) is 26.6. The van der Waals surface area contributed by atoms with E-state index < -0.39 is 46.5 Å². The molecule has 0 fully saturated rings. The predicted molar refractivity (Wildman–Crippen MR) is 122 cm³/mol. The molecule has 1 atom stereocenters. The molecule has 0 unspecified atom stereocenters. The molecule has 0 saturated carbocycles. The van der Waals surface area contributed by atoms with E-state index in [0.29, 0.717) is 0 Å². The molecule has 0 amide bonds. The van der Waals surface area contributed by atoms with E-state index >= 15 is 0 Å². The van der Waals surface area contributed by atoms with Gasteiger partial charge in [-0.1, -0.05) is 31.5 Å². The molecule has 0 aliphatic rings. The molecule has 0 aliphatic heterocycles. The van der Waals surface area contributed by atoms with Gasteiger partial charge in [0.15, 0.2) is 0 Å². The van der Waals surface area contributed by atoms with Crippen LogP contribution in [0.3, 0.4) is 0 Å². The maximum Gasteiger partial charge on any atom is 0.348 e. The largest absolute Gasteiger partial charge is 0.465 e. The van der Waals surface area contributed by atoms with Gasteiger partial charge in [0, 0.05) is 10.6 Å². The summed E-state index contributed by atoms with van der Waals surface area (Å²) in [5.41, 5.74) is 5.73. The predicted octanol–water partition coefficient (Wildman–Crippen LogP) is 2.60. The maximum atomic E-state index is 12.8. The minimum absolute atomic E-state index is 0.00440. The summed E-state index contributed by atoms with van der Waals surface area (Å²) in [6.45, 7) is 2.70. The number of thiophene rings is 1. The van der Waals surface area contributed by atoms with Crippen LogP contribution in [0.5, 0.6) is 0 Å². The minimum Gasteiger partial charge on any atom is -0.465 e. The molecule has 33 heavy (non-hydrogen) atoms. The van der Waals surface area contributed by atoms with E-state index in [1.807, 2.05) is 0 Å². The van der Waals surface area contributed by atoms with E-state index in [1.54, 1.807) is 13.8 Å². The third-order valence-corrected chi connectivity index (χ3v) is 7.18. The highest BCUT2D eigenvalue weighted by atomic mass is 35.5. The highest BCUT2D eigenvalue weighted by molar-refractivity contribution is 7.89. The highest BCUT2D eigenvalue weighted by Gasteiger charge is 2.32. The van der Waals surface area contributed by atoms with E-state index in [4.69, 9.17) is 31.5 Å². The topological polar surface area (TPSA) is 151 Å². The van der Waals surface area contributed by atoms with Gasteiger partial charge in [-0.05, 0) is 24.1 Å². The molecule has 10 nitrogen and oxygen atoms in total. The number of nitrogens with two attached hydrogens (primary N) is 1. The molecule has 0 spiro atoms. The number of benzene rings is 1. The van der Waals surface area contributed by atoms with E-state index in [1.165, 1.54) is 24.3 Å². The number of hydrogen-bond acceptors (Lipinski definition) is 10. The number of halogens is 1. The zero-order valence-electron chi connectivity index (χ0n) is 18.2. The number of nitrogens with one attached hydrogen (secondary N) is 1. The Morgan fingerprint density at radius 1 is 1.15 bits per heavy atom. The van der Waals surface area contributed by atoms with Crippen molar-refractivity contribution in [2.24, 2.45) is 5.92 Å². The van der Waals surface area contributed by atoms with Crippen molar-refractivity contribution in [2.75, 3.05) is 20.0 Å². The van der Waals surface area contributed by atoms with Crippen molar-refractivity contribution in [2.45, 2.75) is 31.4 Å². The van der Waals surface area contributed by atoms with Crippen LogP contribution in [0.4, 0.5) is 5.00 Å². The third-order valence-electron chi connectivity index (χ3n) is 4.46. The van der Waals surface area contributed by atoms with Gasteiger partial charge in [0.25, 0.3) is 0 Å². The highest BCUT2D eigenvalue weighted by Crippen LogP contribution is 2.33. The second-order valence-corrected chi connectivity index (χ2v) is 10.2. The van der Waals surface area contributed by atoms with Gasteiger partial charge in [-0.15, -0.1) is 11.3 Å². The first-order chi connectivity index (χ1) is 15.4. The molecule has 0 radical (unpaired) electrons. The fourth-order valence-electron chi connectivity index (χ4n) is 2.76. The van der Waals surface area contributed by atoms with Crippen LogP contribution in [0, 0.1) is 5.92 Å². The minimum atomic E-state index is -4.10. The van der Waals surface area contributed by atoms with Crippen molar-refractivity contribution >= 4 is 55.9 Å². The number of sulfonamides is 1. The fourth-order valence-corrected chi connectivity index (χ4v) is 5.38. The molecule has 2 rings (SSSR count). The number of carbonyl (C=O) groups excluding carboxylic acids is 3. The Bertz CT molecular complexity index is 1160. The first-order valence-electron chi connectivity index (χ1n) is 9.45. The smallest absolute Gasteiger partial charge is 0.348 e. The average Bonchev–Trinajstić information content (AvgIpc) is 3.10. The third kappa shape index (κ3) is 6.22. The van der Waals surface area contributed by atoms with Crippen LogP contribution in [0.1, 0.15) is 39.4 Å². The molecule has 1 heterocycles. The molecular weight excluding hydrogens is 496 g/mol. The molecule has 13 heteroatoms. The SMILES string of the molecule is COC(=O)c1sc(N)c(C(=O)OC)c1COC(=O)[C@H](NS(=O)(=O)c1cccc(Cl)c1)C(C)C. The number of carbonyl (C=O) groups is 3. The molecule has 180 valence electrons. The lowest BCUT2D eigenvalue weighted by atomic mass is 10.1. The Balaban J connectivity index is 2.31. The lowest BCUT2D eigenvalue weighted by Gasteiger charge is -2.21. The molecule has 3 N–H and O–H groups in total. The van der Waals surface area contributed by atoms with Gasteiger partial charge in [0.2, 0.25) is 10.0 Å². The van der Waals surface area contributed by atoms with Crippen molar-refractivity contribution in [1.82, 2.24) is 4.72 Å². The molecule has 1 aromatic carbocycles. The van der Waals surface area contributed by atoms with Gasteiger partial charge in [-0.25, -0.2) is 18.0 Å². The van der Waals surface area contributed by atoms with E-state index in [2.05, 4.69) is 4.72 Å². The van der Waals surface area contributed by atoms with Crippen molar-refractivity contribution < 1.29 is 37.0 Å². The van der Waals surface area contributed by atoms with E-state index in [-0.39, 0.29) is 30.9 Å². The van der Waals surface area contributed by atoms with E-state index in [9.17, 15) is 22.8 Å². The van der Waals surface area contributed by atoms with Gasteiger partial charge in [0.1, 0.15) is 28.1 Å². The number of nitrogen functional groups attached to an aromatic ring is 1. The zero-order valence-corrected chi connectivity index (χ0v) is 20.6. The van der Waals surface area contributed by atoms with Crippen LogP contribution in [-0.2, 0) is 35.6 Å². The second kappa shape index (κ2) is 11.0. The normalized spacial score (nSPS) is 12.3. The van der Waals surface area contributed by atoms with Gasteiger partial charge in [-0.2, -0.15) is 4.72 Å². The summed E-state index contributed by atoms with van der Waals surface area (Å²) < 4.78 is 42.4. The van der Waals surface area contributed by atoms with Crippen molar-refractivity contribution in [3.05, 3.63) is 45.3 Å². The Kier molecular flexibility index (Phi) is 8.83. The Morgan fingerprint density at radius 2 is 1.79 bits per heavy atom. The summed E-state index contributed by atoms with van der Waals surface area (Å²) in [6.07, 6.45) is 0. The molecule has 0 bridgehead atoms. The van der Waals surface area contributed by atoms with Gasteiger partial charge >= 0.3 is 17.9 Å². The fraction of sp³-hybridized carbons (Fsp3) is 0.350. The number of hydrogen-bond donors (Lipinski definition) is 2. The van der Waals surface area contributed by atoms with Gasteiger partial charge in [-0.3, -0.25) is 4.79 Å². The summed E-state index contributed by atoms with van der Waals surface area (Å²) in [7, 11) is -1.83. The van der Waals surface area contributed by atoms with Crippen LogP contribution in [0.2, 0.25) is 5.02 Å². The van der Waals surface area contributed by atoms with Crippen molar-refractivity contribution in [3.8, 4) is 0 Å². The van der Waals surface area contributed by atoms with Crippen LogP contribution in [0.15, 0.2) is 29.2 Å². The monoisotopic (exact) mass is 518 g/mol. The Morgan fingerprint density at radius 3 is 2.33 bits per heavy atom. The summed E-state index contributed by atoms with van der Waals surface area (Å²) in [5, 5.41) is 0.192. The lowest BCUT2D eigenvalue weighted by Crippen LogP contribution is -2.45. The van der Waals surface area contributed by atoms with Crippen molar-refractivity contribution in [3.63, 3.8) is 0 Å². The summed E-state index contributed by atoms with van der Waals surface area (Å²) in [6, 6.07) is 4.28. The van der Waals surface area contributed by atoms with Crippen LogP contribution >= 0.6 is 22.9 Å². The Labute approximate surface area is 200 Å². The van der Waals surface area contributed by atoms with Gasteiger partial charge < -0.3 is 19.9 Å². The molecule has 0 aliphatic carbocycles. The van der Waals surface area contributed by atoms with Crippen LogP contribution in [0.25, 0.3) is 0 Å². The number of ether oxygens (including phenoxy) is 3. The van der Waals surface area contributed by atoms with Gasteiger partial charge in [0.05, 0.1) is 19.1 Å². The first-order valence-corrected chi connectivity index (χ1v) is 12.1. The Hall–Kier alpha value is -2.67. The number of rotatable bonds is 9. The van der Waals surface area contributed by atoms with Crippen LogP contribution < -0.4 is 10.5 Å². The number of esters is 3. The number of methoxy groups -OCH3 is 2. The summed E-state index contributed by atoms with van der Waals surface area (Å²) >= 11 is 6.65. The standard InChI is InChI=1S/C20H23ClN2O8S2/c1-10(2)15(23-33(27,28)12-7-5-6-11(21)8-12)19(25)31-9-13-14(18(24)29-3)17(22)32-16(13)20(26)30-4/h5-8,10,15,23H,9,22H2,1-4H3/t15-/m1/s1.